The molecule has 2 fully saturated rings. The zero-order chi connectivity index (χ0) is 10.8. The van der Waals surface area contributed by atoms with Crippen molar-refractivity contribution in [2.75, 3.05) is 13.1 Å². The predicted octanol–water partition coefficient (Wildman–Crippen LogP) is 0.299. The minimum absolute atomic E-state index is 0.0154. The van der Waals surface area contributed by atoms with Gasteiger partial charge in [-0.2, -0.15) is 0 Å². The zero-order valence-corrected chi connectivity index (χ0v) is 8.90. The van der Waals surface area contributed by atoms with Crippen LogP contribution in [0.1, 0.15) is 19.8 Å². The lowest BCUT2D eigenvalue weighted by molar-refractivity contribution is -0.145. The Bertz CT molecular complexity index is 308. The smallest absolute Gasteiger partial charge is 0.243 e. The maximum atomic E-state index is 11.7. The van der Waals surface area contributed by atoms with Gasteiger partial charge in [-0.25, -0.2) is 0 Å². The molecule has 4 heteroatoms. The van der Waals surface area contributed by atoms with Crippen molar-refractivity contribution < 1.29 is 9.59 Å². The molecule has 0 aromatic rings. The van der Waals surface area contributed by atoms with Gasteiger partial charge >= 0.3 is 0 Å². The largest absolute Gasteiger partial charge is 0.345 e. The van der Waals surface area contributed by atoms with Gasteiger partial charge in [0, 0.05) is 6.54 Å². The number of carbonyl (C=O) groups excluding carboxylic acids is 2. The first-order valence-corrected chi connectivity index (χ1v) is 5.42. The SMILES string of the molecule is C/C=C/CN1C(=O)CNC(=O)C1C1CC1. The van der Waals surface area contributed by atoms with Crippen molar-refractivity contribution in [3.63, 3.8) is 0 Å². The number of nitrogens with zero attached hydrogens (tertiary/aromatic N) is 1. The quantitative estimate of drug-likeness (QED) is 0.678. The minimum atomic E-state index is -0.220. The lowest BCUT2D eigenvalue weighted by Crippen LogP contribution is -2.59. The number of allylic oxidation sites excluding steroid dienone is 1. The molecule has 1 aliphatic carbocycles. The summed E-state index contributed by atoms with van der Waals surface area (Å²) in [6.07, 6.45) is 5.96. The molecular formula is C11H16N2O2. The van der Waals surface area contributed by atoms with Crippen LogP contribution in [-0.4, -0.2) is 35.8 Å². The van der Waals surface area contributed by atoms with Gasteiger partial charge in [0.15, 0.2) is 0 Å². The molecule has 0 spiro atoms. The van der Waals surface area contributed by atoms with E-state index in [9.17, 15) is 9.59 Å². The Morgan fingerprint density at radius 3 is 2.80 bits per heavy atom. The van der Waals surface area contributed by atoms with Crippen LogP contribution in [-0.2, 0) is 9.59 Å². The second-order valence-corrected chi connectivity index (χ2v) is 4.12. The third kappa shape index (κ3) is 2.03. The van der Waals surface area contributed by atoms with Crippen LogP contribution >= 0.6 is 0 Å². The molecule has 82 valence electrons. The van der Waals surface area contributed by atoms with Crippen LogP contribution in [0.2, 0.25) is 0 Å². The van der Waals surface area contributed by atoms with Crippen LogP contribution < -0.4 is 5.32 Å². The van der Waals surface area contributed by atoms with Gasteiger partial charge in [0.1, 0.15) is 6.04 Å². The Morgan fingerprint density at radius 2 is 2.20 bits per heavy atom. The number of amides is 2. The lowest BCUT2D eigenvalue weighted by Gasteiger charge is -2.34. The second-order valence-electron chi connectivity index (χ2n) is 4.12. The Kier molecular flexibility index (Phi) is 2.75. The average Bonchev–Trinajstić information content (AvgIpc) is 3.03. The standard InChI is InChI=1S/C11H16N2O2/c1-2-3-6-13-9(14)7-12-11(15)10(13)8-4-5-8/h2-3,8,10H,4-7H2,1H3,(H,12,15)/b3-2+. The monoisotopic (exact) mass is 208 g/mol. The van der Waals surface area contributed by atoms with Gasteiger partial charge in [-0.05, 0) is 25.7 Å². The number of rotatable bonds is 3. The fourth-order valence-electron chi connectivity index (χ4n) is 1.98. The highest BCUT2D eigenvalue weighted by Crippen LogP contribution is 2.36. The zero-order valence-electron chi connectivity index (χ0n) is 8.90. The third-order valence-corrected chi connectivity index (χ3v) is 2.94. The van der Waals surface area contributed by atoms with E-state index >= 15 is 0 Å². The fourth-order valence-corrected chi connectivity index (χ4v) is 1.98. The Balaban J connectivity index is 2.11. The van der Waals surface area contributed by atoms with E-state index in [-0.39, 0.29) is 24.4 Å². The lowest BCUT2D eigenvalue weighted by atomic mass is 10.1. The molecule has 1 heterocycles. The van der Waals surface area contributed by atoms with Gasteiger partial charge in [-0.15, -0.1) is 0 Å². The summed E-state index contributed by atoms with van der Waals surface area (Å²) in [4.78, 5) is 25.0. The second kappa shape index (κ2) is 4.04. The first kappa shape index (κ1) is 10.2. The molecule has 1 N–H and O–H groups in total. The first-order valence-electron chi connectivity index (χ1n) is 5.42. The molecule has 1 aliphatic heterocycles. The molecule has 15 heavy (non-hydrogen) atoms. The molecule has 0 radical (unpaired) electrons. The maximum absolute atomic E-state index is 11.7. The van der Waals surface area contributed by atoms with Crippen LogP contribution in [0.15, 0.2) is 12.2 Å². The van der Waals surface area contributed by atoms with Crippen molar-refractivity contribution in [3.8, 4) is 0 Å². The van der Waals surface area contributed by atoms with E-state index in [1.165, 1.54) is 0 Å². The van der Waals surface area contributed by atoms with Gasteiger partial charge in [0.25, 0.3) is 0 Å². The van der Waals surface area contributed by atoms with Crippen molar-refractivity contribution in [2.24, 2.45) is 5.92 Å². The highest BCUT2D eigenvalue weighted by atomic mass is 16.2. The summed E-state index contributed by atoms with van der Waals surface area (Å²) in [5.41, 5.74) is 0. The van der Waals surface area contributed by atoms with Crippen LogP contribution in [0.25, 0.3) is 0 Å². The molecule has 0 aromatic heterocycles. The number of hydrogen-bond acceptors (Lipinski definition) is 2. The van der Waals surface area contributed by atoms with Gasteiger partial charge in [0.2, 0.25) is 11.8 Å². The summed E-state index contributed by atoms with van der Waals surface area (Å²) >= 11 is 0. The molecule has 2 amide bonds. The highest BCUT2D eigenvalue weighted by molar-refractivity contribution is 5.95. The number of hydrogen-bond donors (Lipinski definition) is 1. The molecule has 1 unspecified atom stereocenters. The maximum Gasteiger partial charge on any atom is 0.243 e. The van der Waals surface area contributed by atoms with E-state index in [4.69, 9.17) is 0 Å². The van der Waals surface area contributed by atoms with Gasteiger partial charge in [-0.3, -0.25) is 9.59 Å². The molecule has 1 atom stereocenters. The topological polar surface area (TPSA) is 49.4 Å². The fraction of sp³-hybridized carbons (Fsp3) is 0.636. The molecule has 2 rings (SSSR count). The van der Waals surface area contributed by atoms with E-state index in [0.717, 1.165) is 12.8 Å². The van der Waals surface area contributed by atoms with Gasteiger partial charge in [0.05, 0.1) is 6.54 Å². The average molecular weight is 208 g/mol. The molecule has 2 aliphatic rings. The van der Waals surface area contributed by atoms with E-state index in [1.807, 2.05) is 19.1 Å². The predicted molar refractivity (Wildman–Crippen MR) is 56.0 cm³/mol. The van der Waals surface area contributed by atoms with Crippen molar-refractivity contribution in [3.05, 3.63) is 12.2 Å². The van der Waals surface area contributed by atoms with Crippen molar-refractivity contribution in [1.29, 1.82) is 0 Å². The molecular weight excluding hydrogens is 192 g/mol. The highest BCUT2D eigenvalue weighted by Gasteiger charge is 2.43. The van der Waals surface area contributed by atoms with E-state index in [1.54, 1.807) is 4.90 Å². The van der Waals surface area contributed by atoms with Crippen LogP contribution in [0.3, 0.4) is 0 Å². The molecule has 4 nitrogen and oxygen atoms in total. The molecule has 1 saturated carbocycles. The summed E-state index contributed by atoms with van der Waals surface area (Å²) in [6, 6.07) is -0.220. The first-order chi connectivity index (χ1) is 7.24. The van der Waals surface area contributed by atoms with E-state index in [0.29, 0.717) is 12.5 Å². The van der Waals surface area contributed by atoms with Gasteiger partial charge < -0.3 is 10.2 Å². The van der Waals surface area contributed by atoms with Crippen molar-refractivity contribution in [2.45, 2.75) is 25.8 Å². The third-order valence-electron chi connectivity index (χ3n) is 2.94. The van der Waals surface area contributed by atoms with Crippen molar-refractivity contribution >= 4 is 11.8 Å². The Labute approximate surface area is 89.3 Å². The summed E-state index contributed by atoms with van der Waals surface area (Å²) < 4.78 is 0. The number of carbonyl (C=O) groups is 2. The number of piperazine rings is 1. The van der Waals surface area contributed by atoms with Crippen LogP contribution in [0.4, 0.5) is 0 Å². The van der Waals surface area contributed by atoms with Crippen molar-refractivity contribution in [1.82, 2.24) is 10.2 Å². The summed E-state index contributed by atoms with van der Waals surface area (Å²) in [5, 5.41) is 2.66. The normalized spacial score (nSPS) is 27.3. The molecule has 0 aromatic carbocycles. The van der Waals surface area contributed by atoms with Crippen LogP contribution in [0.5, 0.6) is 0 Å². The Hall–Kier alpha value is -1.32. The van der Waals surface area contributed by atoms with E-state index in [2.05, 4.69) is 5.32 Å². The summed E-state index contributed by atoms with van der Waals surface area (Å²) in [7, 11) is 0. The number of nitrogens with one attached hydrogen (secondary N) is 1. The summed E-state index contributed by atoms with van der Waals surface area (Å²) in [5.74, 6) is 0.436. The minimum Gasteiger partial charge on any atom is -0.345 e. The Morgan fingerprint density at radius 1 is 1.47 bits per heavy atom. The molecule has 0 bridgehead atoms. The summed E-state index contributed by atoms with van der Waals surface area (Å²) in [6.45, 7) is 2.63. The molecule has 1 saturated heterocycles. The van der Waals surface area contributed by atoms with Crippen LogP contribution in [0, 0.1) is 5.92 Å². The van der Waals surface area contributed by atoms with E-state index < -0.39 is 0 Å². The van der Waals surface area contributed by atoms with Gasteiger partial charge in [-0.1, -0.05) is 12.2 Å².